The van der Waals surface area contributed by atoms with E-state index in [9.17, 15) is 14.9 Å². The summed E-state index contributed by atoms with van der Waals surface area (Å²) in [5, 5.41) is 9.27. The van der Waals surface area contributed by atoms with Crippen LogP contribution in [-0.2, 0) is 10.2 Å². The molecule has 2 aliphatic heterocycles. The fourth-order valence-corrected chi connectivity index (χ4v) is 5.22. The zero-order valence-electron chi connectivity index (χ0n) is 18.8. The average Bonchev–Trinajstić information content (AvgIpc) is 3.12. The normalized spacial score (nSPS) is 23.1. The maximum Gasteiger partial charge on any atom is 0.254 e. The standard InChI is InChI=1S/C26H30N4O2/c1-28(2)15-16-29-19-23-26(12-11-24(29)31,22-9-4-3-5-10-22)13-14-30(23)25(32)21-8-6-7-20(17-21)18-27/h3-10,17,23H,11-16,19H2,1-2H3/t23-,26+/m0/s1. The summed E-state index contributed by atoms with van der Waals surface area (Å²) in [6.45, 7) is 2.62. The van der Waals surface area contributed by atoms with Gasteiger partial charge in [0.05, 0.1) is 17.7 Å². The van der Waals surface area contributed by atoms with Gasteiger partial charge in [0.25, 0.3) is 5.91 Å². The maximum absolute atomic E-state index is 13.6. The van der Waals surface area contributed by atoms with Crippen LogP contribution in [0, 0.1) is 11.3 Å². The van der Waals surface area contributed by atoms with Crippen LogP contribution < -0.4 is 0 Å². The largest absolute Gasteiger partial charge is 0.339 e. The quantitative estimate of drug-likeness (QED) is 0.732. The minimum absolute atomic E-state index is 0.0631. The van der Waals surface area contributed by atoms with Crippen LogP contribution in [0.25, 0.3) is 0 Å². The van der Waals surface area contributed by atoms with Crippen molar-refractivity contribution in [2.75, 3.05) is 40.3 Å². The van der Waals surface area contributed by atoms with Gasteiger partial charge in [0.1, 0.15) is 0 Å². The number of hydrogen-bond donors (Lipinski definition) is 0. The third-order valence-electron chi connectivity index (χ3n) is 7.01. The van der Waals surface area contributed by atoms with Crippen LogP contribution >= 0.6 is 0 Å². The molecule has 0 spiro atoms. The van der Waals surface area contributed by atoms with E-state index in [0.29, 0.717) is 37.2 Å². The number of fused-ring (bicyclic) bond motifs is 1. The molecule has 2 amide bonds. The summed E-state index contributed by atoms with van der Waals surface area (Å²) < 4.78 is 0. The number of nitriles is 1. The summed E-state index contributed by atoms with van der Waals surface area (Å²) in [4.78, 5) is 32.6. The highest BCUT2D eigenvalue weighted by Crippen LogP contribution is 2.46. The third-order valence-corrected chi connectivity index (χ3v) is 7.01. The molecule has 0 bridgehead atoms. The molecule has 0 aliphatic carbocycles. The molecule has 2 aromatic carbocycles. The number of likely N-dealkylation sites (N-methyl/N-ethyl adjacent to an activating group) is 1. The van der Waals surface area contributed by atoms with E-state index in [-0.39, 0.29) is 23.3 Å². The highest BCUT2D eigenvalue weighted by atomic mass is 16.2. The van der Waals surface area contributed by atoms with Crippen molar-refractivity contribution < 1.29 is 9.59 Å². The maximum atomic E-state index is 13.6. The second kappa shape index (κ2) is 9.13. The predicted octanol–water partition coefficient (Wildman–Crippen LogP) is 2.89. The third kappa shape index (κ3) is 4.13. The minimum Gasteiger partial charge on any atom is -0.339 e. The lowest BCUT2D eigenvalue weighted by Crippen LogP contribution is -2.51. The SMILES string of the molecule is CN(C)CCN1C[C@@H]2N(C(=O)c3cccc(C#N)c3)CC[C@@]2(c2ccccc2)CCC1=O. The summed E-state index contributed by atoms with van der Waals surface area (Å²) in [6.07, 6.45) is 2.06. The molecule has 6 heteroatoms. The number of hydrogen-bond acceptors (Lipinski definition) is 4. The van der Waals surface area contributed by atoms with E-state index in [1.54, 1.807) is 24.3 Å². The molecule has 0 N–H and O–H groups in total. The molecule has 6 nitrogen and oxygen atoms in total. The van der Waals surface area contributed by atoms with Crippen LogP contribution in [0.1, 0.15) is 40.7 Å². The number of carbonyl (C=O) groups is 2. The smallest absolute Gasteiger partial charge is 0.254 e. The first-order valence-corrected chi connectivity index (χ1v) is 11.2. The van der Waals surface area contributed by atoms with Crippen LogP contribution in [0.15, 0.2) is 54.6 Å². The van der Waals surface area contributed by atoms with E-state index in [0.717, 1.165) is 19.4 Å². The first-order valence-electron chi connectivity index (χ1n) is 11.2. The Morgan fingerprint density at radius 1 is 1.16 bits per heavy atom. The van der Waals surface area contributed by atoms with Gasteiger partial charge in [-0.15, -0.1) is 0 Å². The fraction of sp³-hybridized carbons (Fsp3) is 0.423. The lowest BCUT2D eigenvalue weighted by Gasteiger charge is -2.38. The zero-order valence-corrected chi connectivity index (χ0v) is 18.8. The molecule has 32 heavy (non-hydrogen) atoms. The second-order valence-corrected chi connectivity index (χ2v) is 9.12. The van der Waals surface area contributed by atoms with Gasteiger partial charge in [0.15, 0.2) is 0 Å². The molecule has 2 fully saturated rings. The molecule has 4 rings (SSSR count). The van der Waals surface area contributed by atoms with Crippen molar-refractivity contribution in [3.8, 4) is 6.07 Å². The van der Waals surface area contributed by atoms with E-state index in [4.69, 9.17) is 0 Å². The van der Waals surface area contributed by atoms with Crippen LogP contribution in [0.4, 0.5) is 0 Å². The van der Waals surface area contributed by atoms with Gasteiger partial charge >= 0.3 is 0 Å². The van der Waals surface area contributed by atoms with Crippen molar-refractivity contribution in [3.05, 3.63) is 71.3 Å². The molecular weight excluding hydrogens is 400 g/mol. The highest BCUT2D eigenvalue weighted by molar-refractivity contribution is 5.95. The Hall–Kier alpha value is -3.17. The molecular formula is C26H30N4O2. The Bertz CT molecular complexity index is 1030. The summed E-state index contributed by atoms with van der Waals surface area (Å²) >= 11 is 0. The summed E-state index contributed by atoms with van der Waals surface area (Å²) in [5.41, 5.74) is 1.97. The minimum atomic E-state index is -0.244. The molecule has 0 unspecified atom stereocenters. The van der Waals surface area contributed by atoms with Gasteiger partial charge < -0.3 is 14.7 Å². The van der Waals surface area contributed by atoms with Crippen LogP contribution in [-0.4, -0.2) is 72.8 Å². The fourth-order valence-electron chi connectivity index (χ4n) is 5.22. The molecule has 2 heterocycles. The Morgan fingerprint density at radius 2 is 1.94 bits per heavy atom. The Morgan fingerprint density at radius 3 is 2.66 bits per heavy atom. The van der Waals surface area contributed by atoms with Gasteiger partial charge in [-0.25, -0.2) is 0 Å². The van der Waals surface area contributed by atoms with Crippen LogP contribution in [0.5, 0.6) is 0 Å². The summed E-state index contributed by atoms with van der Waals surface area (Å²) in [7, 11) is 4.01. The lowest BCUT2D eigenvalue weighted by atomic mass is 9.71. The van der Waals surface area contributed by atoms with Gasteiger partial charge in [-0.1, -0.05) is 36.4 Å². The van der Waals surface area contributed by atoms with Crippen LogP contribution in [0.2, 0.25) is 0 Å². The molecule has 0 radical (unpaired) electrons. The van der Waals surface area contributed by atoms with Gasteiger partial charge in [0, 0.05) is 43.6 Å². The average molecular weight is 431 g/mol. The molecule has 0 saturated carbocycles. The molecule has 0 aromatic heterocycles. The topological polar surface area (TPSA) is 67.7 Å². The summed E-state index contributed by atoms with van der Waals surface area (Å²) in [5.74, 6) is 0.0993. The molecule has 2 aliphatic rings. The van der Waals surface area contributed by atoms with Gasteiger partial charge in [-0.3, -0.25) is 9.59 Å². The van der Waals surface area contributed by atoms with Crippen molar-refractivity contribution in [2.45, 2.75) is 30.7 Å². The van der Waals surface area contributed by atoms with Crippen molar-refractivity contribution in [1.29, 1.82) is 5.26 Å². The summed E-state index contributed by atoms with van der Waals surface area (Å²) in [6, 6.07) is 19.3. The van der Waals surface area contributed by atoms with E-state index in [1.807, 2.05) is 42.1 Å². The molecule has 2 saturated heterocycles. The van der Waals surface area contributed by atoms with Crippen molar-refractivity contribution in [3.63, 3.8) is 0 Å². The van der Waals surface area contributed by atoms with Crippen molar-refractivity contribution in [1.82, 2.24) is 14.7 Å². The number of likely N-dealkylation sites (tertiary alicyclic amines) is 2. The van der Waals surface area contributed by atoms with Gasteiger partial charge in [-0.2, -0.15) is 5.26 Å². The zero-order chi connectivity index (χ0) is 22.7. The number of amides is 2. The van der Waals surface area contributed by atoms with E-state index in [2.05, 4.69) is 23.1 Å². The molecule has 166 valence electrons. The van der Waals surface area contributed by atoms with E-state index < -0.39 is 0 Å². The Balaban J connectivity index is 1.72. The van der Waals surface area contributed by atoms with Crippen molar-refractivity contribution in [2.24, 2.45) is 0 Å². The molecule has 2 atom stereocenters. The highest BCUT2D eigenvalue weighted by Gasteiger charge is 2.52. The van der Waals surface area contributed by atoms with Gasteiger partial charge in [0.2, 0.25) is 5.91 Å². The second-order valence-electron chi connectivity index (χ2n) is 9.12. The van der Waals surface area contributed by atoms with E-state index in [1.165, 1.54) is 5.56 Å². The number of rotatable bonds is 5. The number of benzene rings is 2. The Kier molecular flexibility index (Phi) is 6.29. The van der Waals surface area contributed by atoms with Crippen molar-refractivity contribution >= 4 is 11.8 Å². The first kappa shape index (κ1) is 22.0. The number of nitrogens with zero attached hydrogens (tertiary/aromatic N) is 4. The predicted molar refractivity (Wildman–Crippen MR) is 123 cm³/mol. The van der Waals surface area contributed by atoms with E-state index >= 15 is 0 Å². The Labute approximate surface area is 190 Å². The number of carbonyl (C=O) groups excluding carboxylic acids is 2. The lowest BCUT2D eigenvalue weighted by molar-refractivity contribution is -0.131. The first-order chi connectivity index (χ1) is 15.4. The molecule has 2 aromatic rings. The van der Waals surface area contributed by atoms with Crippen LogP contribution in [0.3, 0.4) is 0 Å². The van der Waals surface area contributed by atoms with Gasteiger partial charge in [-0.05, 0) is 50.7 Å². The monoisotopic (exact) mass is 430 g/mol.